The summed E-state index contributed by atoms with van der Waals surface area (Å²) in [5.74, 6) is 1.47. The van der Waals surface area contributed by atoms with E-state index in [4.69, 9.17) is 5.73 Å². The van der Waals surface area contributed by atoms with Crippen LogP contribution in [0.5, 0.6) is 0 Å². The zero-order valence-electron chi connectivity index (χ0n) is 10.6. The highest BCUT2D eigenvalue weighted by molar-refractivity contribution is 8.00. The maximum atomic E-state index is 11.6. The lowest BCUT2D eigenvalue weighted by Crippen LogP contribution is -2.48. The molecule has 0 saturated carbocycles. The second-order valence-corrected chi connectivity index (χ2v) is 9.66. The van der Waals surface area contributed by atoms with Gasteiger partial charge in [0, 0.05) is 29.1 Å². The van der Waals surface area contributed by atoms with E-state index in [0.29, 0.717) is 4.75 Å². The number of hydrogen-bond donors (Lipinski definition) is 1. The van der Waals surface area contributed by atoms with Crippen molar-refractivity contribution in [2.24, 2.45) is 5.73 Å². The van der Waals surface area contributed by atoms with Crippen molar-refractivity contribution in [1.29, 1.82) is 0 Å². The summed E-state index contributed by atoms with van der Waals surface area (Å²) < 4.78 is 23.5. The fourth-order valence-corrected chi connectivity index (χ4v) is 5.64. The van der Waals surface area contributed by atoms with E-state index in [1.165, 1.54) is 0 Å². The van der Waals surface area contributed by atoms with Gasteiger partial charge in [-0.05, 0) is 13.0 Å². The number of thioether (sulfide) groups is 1. The molecule has 2 saturated heterocycles. The average Bonchev–Trinajstić information content (AvgIpc) is 2.35. The van der Waals surface area contributed by atoms with E-state index in [1.54, 1.807) is 0 Å². The molecular formula is C11H22N2O2S2. The first-order chi connectivity index (χ1) is 7.79. The Hall–Kier alpha value is 0.220. The summed E-state index contributed by atoms with van der Waals surface area (Å²) in [6, 6.07) is -0.166. The van der Waals surface area contributed by atoms with Gasteiger partial charge in [0.1, 0.15) is 0 Å². The zero-order chi connectivity index (χ0) is 12.7. The van der Waals surface area contributed by atoms with Crippen molar-refractivity contribution in [2.75, 3.05) is 30.3 Å². The molecule has 2 N–H and O–H groups in total. The quantitative estimate of drug-likeness (QED) is 0.749. The van der Waals surface area contributed by atoms with Crippen LogP contribution >= 0.6 is 11.8 Å². The Morgan fingerprint density at radius 2 is 2.00 bits per heavy atom. The first-order valence-corrected chi connectivity index (χ1v) is 8.94. The molecular weight excluding hydrogens is 256 g/mol. The van der Waals surface area contributed by atoms with Gasteiger partial charge in [0.2, 0.25) is 0 Å². The van der Waals surface area contributed by atoms with Gasteiger partial charge in [-0.1, -0.05) is 13.8 Å². The lowest BCUT2D eigenvalue weighted by atomic mass is 10.1. The molecule has 2 fully saturated rings. The fourth-order valence-electron chi connectivity index (χ4n) is 2.60. The van der Waals surface area contributed by atoms with Gasteiger partial charge < -0.3 is 5.73 Å². The fraction of sp³-hybridized carbons (Fsp3) is 1.00. The van der Waals surface area contributed by atoms with Crippen LogP contribution in [-0.2, 0) is 9.84 Å². The number of nitrogens with two attached hydrogens (primary N) is 1. The van der Waals surface area contributed by atoms with E-state index >= 15 is 0 Å². The lowest BCUT2D eigenvalue weighted by Gasteiger charge is -2.29. The summed E-state index contributed by atoms with van der Waals surface area (Å²) in [5.41, 5.74) is 5.98. The molecule has 2 aliphatic heterocycles. The largest absolute Gasteiger partial charge is 0.325 e. The van der Waals surface area contributed by atoms with Gasteiger partial charge in [0.25, 0.3) is 0 Å². The predicted molar refractivity (Wildman–Crippen MR) is 73.1 cm³/mol. The maximum absolute atomic E-state index is 11.6. The molecule has 0 aromatic carbocycles. The zero-order valence-corrected chi connectivity index (χ0v) is 12.2. The summed E-state index contributed by atoms with van der Waals surface area (Å²) in [6.07, 6.45) is 1.10. The van der Waals surface area contributed by atoms with Crippen LogP contribution in [-0.4, -0.2) is 60.5 Å². The standard InChI is InChI=1S/C11H22N2O2S2/c1-11(2)3-4-13(5-6-16-11)10-8-17(14,15)7-9(10)12/h9-10H,3-8,12H2,1-2H3. The molecule has 17 heavy (non-hydrogen) atoms. The summed E-state index contributed by atoms with van der Waals surface area (Å²) in [6.45, 7) is 6.44. The van der Waals surface area contributed by atoms with Crippen LogP contribution in [0.15, 0.2) is 0 Å². The number of rotatable bonds is 1. The maximum Gasteiger partial charge on any atom is 0.153 e. The third-order valence-electron chi connectivity index (χ3n) is 3.71. The third kappa shape index (κ3) is 3.36. The highest BCUT2D eigenvalue weighted by atomic mass is 32.2. The second kappa shape index (κ2) is 4.72. The summed E-state index contributed by atoms with van der Waals surface area (Å²) >= 11 is 1.97. The van der Waals surface area contributed by atoms with Crippen LogP contribution in [0.3, 0.4) is 0 Å². The van der Waals surface area contributed by atoms with Crippen LogP contribution in [0, 0.1) is 0 Å². The minimum Gasteiger partial charge on any atom is -0.325 e. The van der Waals surface area contributed by atoms with Crippen molar-refractivity contribution in [3.8, 4) is 0 Å². The minimum atomic E-state index is -2.91. The molecule has 6 heteroatoms. The number of nitrogens with zero attached hydrogens (tertiary/aromatic N) is 1. The Balaban J connectivity index is 2.04. The summed E-state index contributed by atoms with van der Waals surface area (Å²) in [7, 11) is -2.91. The van der Waals surface area contributed by atoms with Gasteiger partial charge in [-0.3, -0.25) is 4.90 Å². The molecule has 2 rings (SSSR count). The van der Waals surface area contributed by atoms with Gasteiger partial charge in [0.05, 0.1) is 11.5 Å². The first kappa shape index (κ1) is 13.6. The molecule has 0 aliphatic carbocycles. The molecule has 0 aromatic heterocycles. The van der Waals surface area contributed by atoms with Crippen molar-refractivity contribution < 1.29 is 8.42 Å². The van der Waals surface area contributed by atoms with Crippen molar-refractivity contribution in [2.45, 2.75) is 37.1 Å². The van der Waals surface area contributed by atoms with E-state index < -0.39 is 9.84 Å². The first-order valence-electron chi connectivity index (χ1n) is 6.13. The van der Waals surface area contributed by atoms with E-state index in [0.717, 1.165) is 25.3 Å². The summed E-state index contributed by atoms with van der Waals surface area (Å²) in [5, 5.41) is 0. The van der Waals surface area contributed by atoms with E-state index in [2.05, 4.69) is 18.7 Å². The Morgan fingerprint density at radius 1 is 1.29 bits per heavy atom. The van der Waals surface area contributed by atoms with Gasteiger partial charge in [-0.2, -0.15) is 11.8 Å². The lowest BCUT2D eigenvalue weighted by molar-refractivity contribution is 0.207. The second-order valence-electron chi connectivity index (χ2n) is 5.70. The van der Waals surface area contributed by atoms with Gasteiger partial charge in [-0.15, -0.1) is 0 Å². The topological polar surface area (TPSA) is 63.4 Å². The van der Waals surface area contributed by atoms with Crippen LogP contribution < -0.4 is 5.73 Å². The Morgan fingerprint density at radius 3 is 2.59 bits per heavy atom. The van der Waals surface area contributed by atoms with Gasteiger partial charge in [0.15, 0.2) is 9.84 Å². The SMILES string of the molecule is CC1(C)CCN(C2CS(=O)(=O)CC2N)CCS1. The van der Waals surface area contributed by atoms with Crippen molar-refractivity contribution >= 4 is 21.6 Å². The van der Waals surface area contributed by atoms with E-state index in [9.17, 15) is 8.42 Å². The third-order valence-corrected chi connectivity index (χ3v) is 6.82. The highest BCUT2D eigenvalue weighted by Gasteiger charge is 2.39. The van der Waals surface area contributed by atoms with Crippen molar-refractivity contribution in [3.05, 3.63) is 0 Å². The molecule has 2 heterocycles. The van der Waals surface area contributed by atoms with Crippen LogP contribution in [0.2, 0.25) is 0 Å². The Labute approximate surface area is 108 Å². The van der Waals surface area contributed by atoms with Gasteiger partial charge >= 0.3 is 0 Å². The summed E-state index contributed by atoms with van der Waals surface area (Å²) in [4.78, 5) is 2.29. The van der Waals surface area contributed by atoms with E-state index in [1.807, 2.05) is 11.8 Å². The minimum absolute atomic E-state index is 0.0366. The van der Waals surface area contributed by atoms with Crippen LogP contribution in [0.1, 0.15) is 20.3 Å². The average molecular weight is 278 g/mol. The molecule has 2 unspecified atom stereocenters. The van der Waals surface area contributed by atoms with E-state index in [-0.39, 0.29) is 23.6 Å². The number of sulfone groups is 1. The normalized spacial score (nSPS) is 37.8. The van der Waals surface area contributed by atoms with Gasteiger partial charge in [-0.25, -0.2) is 8.42 Å². The molecule has 0 radical (unpaired) electrons. The van der Waals surface area contributed by atoms with Crippen LogP contribution in [0.25, 0.3) is 0 Å². The van der Waals surface area contributed by atoms with Crippen LogP contribution in [0.4, 0.5) is 0 Å². The van der Waals surface area contributed by atoms with Crippen molar-refractivity contribution in [3.63, 3.8) is 0 Å². The monoisotopic (exact) mass is 278 g/mol. The molecule has 0 bridgehead atoms. The highest BCUT2D eigenvalue weighted by Crippen LogP contribution is 2.32. The molecule has 100 valence electrons. The molecule has 0 amide bonds. The molecule has 0 aromatic rings. The predicted octanol–water partition coefficient (Wildman–Crippen LogP) is 0.328. The molecule has 2 atom stereocenters. The molecule has 0 spiro atoms. The smallest absolute Gasteiger partial charge is 0.153 e. The Bertz CT molecular complexity index is 381. The Kier molecular flexibility index (Phi) is 3.79. The van der Waals surface area contributed by atoms with Crippen molar-refractivity contribution in [1.82, 2.24) is 4.90 Å². The number of hydrogen-bond acceptors (Lipinski definition) is 5. The molecule has 4 nitrogen and oxygen atoms in total. The molecule has 2 aliphatic rings.